The molecule has 2 saturated heterocycles. The van der Waals surface area contributed by atoms with Crippen molar-refractivity contribution in [3.05, 3.63) is 12.7 Å². The highest BCUT2D eigenvalue weighted by Crippen LogP contribution is 2.32. The van der Waals surface area contributed by atoms with Gasteiger partial charge in [-0.25, -0.2) is 0 Å². The zero-order chi connectivity index (χ0) is 9.42. The molecule has 2 atom stereocenters. The second kappa shape index (κ2) is 3.14. The second-order valence-corrected chi connectivity index (χ2v) is 3.75. The van der Waals surface area contributed by atoms with Gasteiger partial charge in [-0.1, -0.05) is 13.5 Å². The van der Waals surface area contributed by atoms with E-state index in [0.717, 1.165) is 26.1 Å². The van der Waals surface area contributed by atoms with Gasteiger partial charge in [-0.05, 0) is 19.0 Å². The van der Waals surface area contributed by atoms with Crippen molar-refractivity contribution < 1.29 is 4.79 Å². The molecular formula is C10H16N2O. The van der Waals surface area contributed by atoms with Crippen molar-refractivity contribution in [1.29, 1.82) is 0 Å². The standard InChI is InChI=1S/C10H16N2O/c1-3-10(13)12-7-9-8(12)5-6-11(9)4-2/h3,8-9H,1,4-7H2,2H3. The minimum atomic E-state index is 0.0965. The first-order chi connectivity index (χ1) is 6.27. The molecule has 13 heavy (non-hydrogen) atoms. The number of nitrogens with zero attached hydrogens (tertiary/aromatic N) is 2. The van der Waals surface area contributed by atoms with Crippen molar-refractivity contribution in [2.24, 2.45) is 0 Å². The third-order valence-electron chi connectivity index (χ3n) is 3.27. The van der Waals surface area contributed by atoms with Gasteiger partial charge in [0.25, 0.3) is 0 Å². The first-order valence-corrected chi connectivity index (χ1v) is 4.95. The third-order valence-corrected chi connectivity index (χ3v) is 3.27. The molecule has 2 heterocycles. The summed E-state index contributed by atoms with van der Waals surface area (Å²) in [5, 5.41) is 0. The van der Waals surface area contributed by atoms with Gasteiger partial charge in [-0.2, -0.15) is 0 Å². The molecule has 0 saturated carbocycles. The summed E-state index contributed by atoms with van der Waals surface area (Å²) in [6.07, 6.45) is 2.56. The van der Waals surface area contributed by atoms with Crippen LogP contribution in [0.5, 0.6) is 0 Å². The van der Waals surface area contributed by atoms with Crippen LogP contribution in [0.15, 0.2) is 12.7 Å². The summed E-state index contributed by atoms with van der Waals surface area (Å²) in [7, 11) is 0. The monoisotopic (exact) mass is 180 g/mol. The number of carbonyl (C=O) groups excluding carboxylic acids is 1. The third kappa shape index (κ3) is 1.18. The second-order valence-electron chi connectivity index (χ2n) is 3.75. The number of hydrogen-bond acceptors (Lipinski definition) is 2. The zero-order valence-electron chi connectivity index (χ0n) is 8.07. The van der Waals surface area contributed by atoms with Crippen LogP contribution in [0.25, 0.3) is 0 Å². The van der Waals surface area contributed by atoms with Crippen LogP contribution in [0.4, 0.5) is 0 Å². The van der Waals surface area contributed by atoms with E-state index in [-0.39, 0.29) is 5.91 Å². The Morgan fingerprint density at radius 3 is 3.00 bits per heavy atom. The maximum absolute atomic E-state index is 11.3. The first-order valence-electron chi connectivity index (χ1n) is 4.95. The zero-order valence-corrected chi connectivity index (χ0v) is 8.07. The van der Waals surface area contributed by atoms with E-state index in [9.17, 15) is 4.79 Å². The summed E-state index contributed by atoms with van der Waals surface area (Å²) in [5.41, 5.74) is 0. The van der Waals surface area contributed by atoms with Gasteiger partial charge in [-0.15, -0.1) is 0 Å². The van der Waals surface area contributed by atoms with Crippen molar-refractivity contribution >= 4 is 5.91 Å². The van der Waals surface area contributed by atoms with Crippen molar-refractivity contribution in [2.75, 3.05) is 19.6 Å². The largest absolute Gasteiger partial charge is 0.333 e. The first kappa shape index (κ1) is 8.75. The lowest BCUT2D eigenvalue weighted by Crippen LogP contribution is -2.63. The molecule has 3 nitrogen and oxygen atoms in total. The van der Waals surface area contributed by atoms with Gasteiger partial charge in [0.15, 0.2) is 0 Å². The molecule has 2 aliphatic heterocycles. The number of rotatable bonds is 2. The smallest absolute Gasteiger partial charge is 0.246 e. The normalized spacial score (nSPS) is 32.5. The summed E-state index contributed by atoms with van der Waals surface area (Å²) in [5.74, 6) is 0.0965. The van der Waals surface area contributed by atoms with Gasteiger partial charge in [0.05, 0.1) is 6.04 Å². The van der Waals surface area contributed by atoms with E-state index in [1.165, 1.54) is 6.08 Å². The SMILES string of the molecule is C=CC(=O)N1CC2C1CCN2CC. The minimum Gasteiger partial charge on any atom is -0.333 e. The average molecular weight is 180 g/mol. The van der Waals surface area contributed by atoms with Crippen molar-refractivity contribution in [3.8, 4) is 0 Å². The summed E-state index contributed by atoms with van der Waals surface area (Å²) in [6.45, 7) is 8.85. The van der Waals surface area contributed by atoms with Crippen LogP contribution in [0, 0.1) is 0 Å². The van der Waals surface area contributed by atoms with Gasteiger partial charge in [0.2, 0.25) is 5.91 Å². The van der Waals surface area contributed by atoms with Gasteiger partial charge in [-0.3, -0.25) is 9.69 Å². The molecule has 2 aliphatic rings. The van der Waals surface area contributed by atoms with Gasteiger partial charge >= 0.3 is 0 Å². The van der Waals surface area contributed by atoms with Crippen LogP contribution in [0.1, 0.15) is 13.3 Å². The number of likely N-dealkylation sites (tertiary alicyclic amines) is 2. The Morgan fingerprint density at radius 1 is 1.62 bits per heavy atom. The Hall–Kier alpha value is -0.830. The Kier molecular flexibility index (Phi) is 2.12. The fourth-order valence-corrected chi connectivity index (χ4v) is 2.46. The highest BCUT2D eigenvalue weighted by molar-refractivity contribution is 5.88. The van der Waals surface area contributed by atoms with Crippen LogP contribution in [-0.2, 0) is 4.79 Å². The number of amides is 1. The average Bonchev–Trinajstić information content (AvgIpc) is 2.42. The molecule has 2 rings (SSSR count). The molecule has 0 aliphatic carbocycles. The Balaban J connectivity index is 1.97. The molecule has 0 radical (unpaired) electrons. The van der Waals surface area contributed by atoms with E-state index < -0.39 is 0 Å². The summed E-state index contributed by atoms with van der Waals surface area (Å²) in [4.78, 5) is 15.7. The molecule has 3 heteroatoms. The Bertz CT molecular complexity index is 239. The molecule has 0 bridgehead atoms. The van der Waals surface area contributed by atoms with Crippen molar-refractivity contribution in [2.45, 2.75) is 25.4 Å². The van der Waals surface area contributed by atoms with Crippen LogP contribution in [0.2, 0.25) is 0 Å². The van der Waals surface area contributed by atoms with Crippen molar-refractivity contribution in [1.82, 2.24) is 9.80 Å². The highest BCUT2D eigenvalue weighted by atomic mass is 16.2. The fourth-order valence-electron chi connectivity index (χ4n) is 2.46. The molecule has 0 aromatic heterocycles. The molecule has 0 aromatic carbocycles. The predicted molar refractivity (Wildman–Crippen MR) is 51.4 cm³/mol. The molecule has 2 fully saturated rings. The van der Waals surface area contributed by atoms with E-state index >= 15 is 0 Å². The number of fused-ring (bicyclic) bond motifs is 1. The van der Waals surface area contributed by atoms with Crippen LogP contribution in [0.3, 0.4) is 0 Å². The van der Waals surface area contributed by atoms with E-state index in [1.807, 2.05) is 4.90 Å². The Labute approximate surface area is 79.0 Å². The number of hydrogen-bond donors (Lipinski definition) is 0. The molecule has 1 amide bonds. The van der Waals surface area contributed by atoms with Crippen LogP contribution >= 0.6 is 0 Å². The lowest BCUT2D eigenvalue weighted by Gasteiger charge is -2.46. The maximum Gasteiger partial charge on any atom is 0.246 e. The Morgan fingerprint density at radius 2 is 2.38 bits per heavy atom. The molecule has 0 N–H and O–H groups in total. The summed E-state index contributed by atoms with van der Waals surface area (Å²) >= 11 is 0. The molecule has 0 aromatic rings. The highest BCUT2D eigenvalue weighted by Gasteiger charge is 2.47. The van der Waals surface area contributed by atoms with Crippen LogP contribution < -0.4 is 0 Å². The van der Waals surface area contributed by atoms with Crippen LogP contribution in [-0.4, -0.2) is 47.4 Å². The van der Waals surface area contributed by atoms with E-state index in [1.54, 1.807) is 0 Å². The molecule has 0 spiro atoms. The van der Waals surface area contributed by atoms with E-state index in [0.29, 0.717) is 12.1 Å². The van der Waals surface area contributed by atoms with Gasteiger partial charge in [0, 0.05) is 19.1 Å². The topological polar surface area (TPSA) is 23.6 Å². The summed E-state index contributed by atoms with van der Waals surface area (Å²) in [6, 6.07) is 1.11. The predicted octanol–water partition coefficient (Wildman–Crippen LogP) is 0.477. The van der Waals surface area contributed by atoms with E-state index in [4.69, 9.17) is 0 Å². The molecule has 2 unspecified atom stereocenters. The minimum absolute atomic E-state index is 0.0965. The fraction of sp³-hybridized carbons (Fsp3) is 0.700. The van der Waals surface area contributed by atoms with Gasteiger partial charge < -0.3 is 4.90 Å². The van der Waals surface area contributed by atoms with Crippen molar-refractivity contribution in [3.63, 3.8) is 0 Å². The number of likely N-dealkylation sites (N-methyl/N-ethyl adjacent to an activating group) is 1. The maximum atomic E-state index is 11.3. The lowest BCUT2D eigenvalue weighted by atomic mass is 9.97. The summed E-state index contributed by atoms with van der Waals surface area (Å²) < 4.78 is 0. The molecule has 72 valence electrons. The van der Waals surface area contributed by atoms with Gasteiger partial charge in [0.1, 0.15) is 0 Å². The van der Waals surface area contributed by atoms with E-state index in [2.05, 4.69) is 18.4 Å². The quantitative estimate of drug-likeness (QED) is 0.577. The number of carbonyl (C=O) groups is 1. The lowest BCUT2D eigenvalue weighted by molar-refractivity contribution is -0.136. The molecular weight excluding hydrogens is 164 g/mol.